The smallest absolute Gasteiger partial charge is 0.341 e. The Bertz CT molecular complexity index is 438. The maximum atomic E-state index is 12.6. The molecule has 0 bridgehead atoms. The zero-order valence-corrected chi connectivity index (χ0v) is 8.20. The average molecular weight is 207 g/mol. The standard InChI is InChI=1S/C10H10FN3O/c1-2-9-12-10(14-13-9)15-8-5-3-7(11)4-6-8/h3-6H,2H2,1H3,(H,12,13,14). The first-order valence-corrected chi connectivity index (χ1v) is 4.62. The van der Waals surface area contributed by atoms with Crippen molar-refractivity contribution < 1.29 is 9.13 Å². The van der Waals surface area contributed by atoms with Crippen molar-refractivity contribution >= 4 is 0 Å². The fourth-order valence-corrected chi connectivity index (χ4v) is 1.09. The lowest BCUT2D eigenvalue weighted by atomic mass is 10.3. The van der Waals surface area contributed by atoms with Gasteiger partial charge in [-0.1, -0.05) is 6.92 Å². The van der Waals surface area contributed by atoms with Crippen LogP contribution in [0, 0.1) is 5.82 Å². The number of aromatic amines is 1. The molecule has 5 heteroatoms. The zero-order chi connectivity index (χ0) is 10.7. The largest absolute Gasteiger partial charge is 0.423 e. The monoisotopic (exact) mass is 207 g/mol. The lowest BCUT2D eigenvalue weighted by molar-refractivity contribution is 0.442. The molecule has 0 aliphatic rings. The van der Waals surface area contributed by atoms with Gasteiger partial charge in [-0.05, 0) is 24.3 Å². The summed E-state index contributed by atoms with van der Waals surface area (Å²) in [5, 5.41) is 6.58. The van der Waals surface area contributed by atoms with Gasteiger partial charge in [0, 0.05) is 6.42 Å². The third kappa shape index (κ3) is 2.31. The van der Waals surface area contributed by atoms with Crippen molar-refractivity contribution in [1.82, 2.24) is 15.2 Å². The van der Waals surface area contributed by atoms with Gasteiger partial charge in [0.15, 0.2) is 0 Å². The van der Waals surface area contributed by atoms with Gasteiger partial charge in [-0.2, -0.15) is 4.98 Å². The van der Waals surface area contributed by atoms with Gasteiger partial charge in [0.25, 0.3) is 0 Å². The highest BCUT2D eigenvalue weighted by molar-refractivity contribution is 5.24. The van der Waals surface area contributed by atoms with Gasteiger partial charge in [0.1, 0.15) is 17.4 Å². The molecule has 0 radical (unpaired) electrons. The lowest BCUT2D eigenvalue weighted by Gasteiger charge is -1.98. The summed E-state index contributed by atoms with van der Waals surface area (Å²) >= 11 is 0. The number of nitrogens with zero attached hydrogens (tertiary/aromatic N) is 2. The fourth-order valence-electron chi connectivity index (χ4n) is 1.09. The predicted octanol–water partition coefficient (Wildman–Crippen LogP) is 2.30. The van der Waals surface area contributed by atoms with Crippen LogP contribution < -0.4 is 4.74 Å². The van der Waals surface area contributed by atoms with Gasteiger partial charge in [0.2, 0.25) is 0 Å². The van der Waals surface area contributed by atoms with Crippen molar-refractivity contribution in [2.45, 2.75) is 13.3 Å². The van der Waals surface area contributed by atoms with Gasteiger partial charge in [-0.3, -0.25) is 5.10 Å². The second-order valence-electron chi connectivity index (χ2n) is 2.97. The van der Waals surface area contributed by atoms with Crippen LogP contribution in [0.1, 0.15) is 12.7 Å². The fraction of sp³-hybridized carbons (Fsp3) is 0.200. The van der Waals surface area contributed by atoms with Crippen molar-refractivity contribution in [2.75, 3.05) is 0 Å². The molecule has 0 atom stereocenters. The van der Waals surface area contributed by atoms with Crippen LogP contribution in [0.15, 0.2) is 24.3 Å². The number of ether oxygens (including phenoxy) is 1. The number of rotatable bonds is 3. The number of benzene rings is 1. The van der Waals surface area contributed by atoms with Gasteiger partial charge in [-0.25, -0.2) is 4.39 Å². The maximum absolute atomic E-state index is 12.6. The summed E-state index contributed by atoms with van der Waals surface area (Å²) < 4.78 is 17.9. The van der Waals surface area contributed by atoms with E-state index < -0.39 is 0 Å². The molecule has 0 amide bonds. The molecular formula is C10H10FN3O. The van der Waals surface area contributed by atoms with E-state index >= 15 is 0 Å². The summed E-state index contributed by atoms with van der Waals surface area (Å²) in [6.45, 7) is 1.96. The first-order chi connectivity index (χ1) is 7.28. The molecule has 0 saturated heterocycles. The molecule has 1 aromatic carbocycles. The van der Waals surface area contributed by atoms with Crippen molar-refractivity contribution in [3.63, 3.8) is 0 Å². The van der Waals surface area contributed by atoms with E-state index in [2.05, 4.69) is 15.2 Å². The normalized spacial score (nSPS) is 10.3. The van der Waals surface area contributed by atoms with Crippen LogP contribution >= 0.6 is 0 Å². The molecule has 0 saturated carbocycles. The van der Waals surface area contributed by atoms with E-state index in [1.807, 2.05) is 6.92 Å². The Labute approximate surface area is 86.1 Å². The summed E-state index contributed by atoms with van der Waals surface area (Å²) in [7, 11) is 0. The van der Waals surface area contributed by atoms with E-state index in [-0.39, 0.29) is 11.8 Å². The van der Waals surface area contributed by atoms with Crippen LogP contribution in [0.3, 0.4) is 0 Å². The van der Waals surface area contributed by atoms with Crippen LogP contribution in [0.4, 0.5) is 4.39 Å². The number of aryl methyl sites for hydroxylation is 1. The number of hydrogen-bond donors (Lipinski definition) is 1. The summed E-state index contributed by atoms with van der Waals surface area (Å²) in [6, 6.07) is 5.94. The van der Waals surface area contributed by atoms with Gasteiger partial charge < -0.3 is 4.74 Å². The SMILES string of the molecule is CCc1nc(Oc2ccc(F)cc2)n[nH]1. The number of hydrogen-bond acceptors (Lipinski definition) is 3. The molecule has 0 aliphatic heterocycles. The third-order valence-corrected chi connectivity index (χ3v) is 1.87. The minimum atomic E-state index is -0.299. The molecule has 1 heterocycles. The van der Waals surface area contributed by atoms with E-state index in [0.29, 0.717) is 5.75 Å². The van der Waals surface area contributed by atoms with Crippen molar-refractivity contribution in [2.24, 2.45) is 0 Å². The lowest BCUT2D eigenvalue weighted by Crippen LogP contribution is -1.86. The maximum Gasteiger partial charge on any atom is 0.341 e. The molecule has 78 valence electrons. The highest BCUT2D eigenvalue weighted by Gasteiger charge is 2.03. The highest BCUT2D eigenvalue weighted by Crippen LogP contribution is 2.17. The van der Waals surface area contributed by atoms with Gasteiger partial charge in [-0.15, -0.1) is 5.10 Å². The van der Waals surface area contributed by atoms with Crippen LogP contribution in [0.5, 0.6) is 11.8 Å². The molecule has 0 unspecified atom stereocenters. The molecule has 4 nitrogen and oxygen atoms in total. The van der Waals surface area contributed by atoms with Crippen molar-refractivity contribution in [3.05, 3.63) is 35.9 Å². The molecule has 0 fully saturated rings. The van der Waals surface area contributed by atoms with Gasteiger partial charge in [0.05, 0.1) is 0 Å². The van der Waals surface area contributed by atoms with Crippen molar-refractivity contribution in [3.8, 4) is 11.8 Å². The van der Waals surface area contributed by atoms with E-state index in [1.54, 1.807) is 0 Å². The predicted molar refractivity (Wildman–Crippen MR) is 52.2 cm³/mol. The second kappa shape index (κ2) is 4.08. The topological polar surface area (TPSA) is 50.8 Å². The minimum Gasteiger partial charge on any atom is -0.423 e. The number of aromatic nitrogens is 3. The first-order valence-electron chi connectivity index (χ1n) is 4.62. The molecule has 0 spiro atoms. The summed E-state index contributed by atoms with van der Waals surface area (Å²) in [5.74, 6) is 0.969. The summed E-state index contributed by atoms with van der Waals surface area (Å²) in [5.41, 5.74) is 0. The quantitative estimate of drug-likeness (QED) is 0.840. The minimum absolute atomic E-state index is 0.249. The Balaban J connectivity index is 2.11. The Morgan fingerprint density at radius 1 is 1.33 bits per heavy atom. The third-order valence-electron chi connectivity index (χ3n) is 1.87. The van der Waals surface area contributed by atoms with Gasteiger partial charge >= 0.3 is 6.01 Å². The van der Waals surface area contributed by atoms with Crippen molar-refractivity contribution in [1.29, 1.82) is 0 Å². The highest BCUT2D eigenvalue weighted by atomic mass is 19.1. The van der Waals surface area contributed by atoms with E-state index in [0.717, 1.165) is 12.2 Å². The Morgan fingerprint density at radius 2 is 2.07 bits per heavy atom. The number of H-pyrrole nitrogens is 1. The zero-order valence-electron chi connectivity index (χ0n) is 8.20. The molecular weight excluding hydrogens is 197 g/mol. The van der Waals surface area contributed by atoms with Crippen LogP contribution in [0.25, 0.3) is 0 Å². The van der Waals surface area contributed by atoms with Crippen LogP contribution in [-0.2, 0) is 6.42 Å². The van der Waals surface area contributed by atoms with E-state index in [9.17, 15) is 4.39 Å². The summed E-state index contributed by atoms with van der Waals surface area (Å²) in [6.07, 6.45) is 0.764. The van der Waals surface area contributed by atoms with E-state index in [4.69, 9.17) is 4.74 Å². The Hall–Kier alpha value is -1.91. The van der Waals surface area contributed by atoms with Crippen LogP contribution in [0.2, 0.25) is 0 Å². The number of halogens is 1. The second-order valence-corrected chi connectivity index (χ2v) is 2.97. The summed E-state index contributed by atoms with van der Waals surface area (Å²) in [4.78, 5) is 4.06. The number of nitrogens with one attached hydrogen (secondary N) is 1. The first kappa shape index (κ1) is 9.64. The Kier molecular flexibility index (Phi) is 2.62. The molecule has 2 aromatic rings. The van der Waals surface area contributed by atoms with E-state index in [1.165, 1.54) is 24.3 Å². The molecule has 15 heavy (non-hydrogen) atoms. The molecule has 2 rings (SSSR count). The molecule has 0 aliphatic carbocycles. The molecule has 1 aromatic heterocycles. The molecule has 1 N–H and O–H groups in total. The average Bonchev–Trinajstić information content (AvgIpc) is 2.69. The Morgan fingerprint density at radius 3 is 2.67 bits per heavy atom. The van der Waals surface area contributed by atoms with Crippen LogP contribution in [-0.4, -0.2) is 15.2 Å².